The van der Waals surface area contributed by atoms with Crippen LogP contribution in [0.25, 0.3) is 32.3 Å². The molecule has 0 aromatic heterocycles. The summed E-state index contributed by atoms with van der Waals surface area (Å²) in [6.45, 7) is 0. The van der Waals surface area contributed by atoms with Gasteiger partial charge in [0, 0.05) is 18.4 Å². The predicted octanol–water partition coefficient (Wildman–Crippen LogP) is 4.36. The topological polar surface area (TPSA) is 57.9 Å². The largest absolute Gasteiger partial charge is 0.294 e. The van der Waals surface area contributed by atoms with Crippen LogP contribution in [0.1, 0.15) is 23.2 Å². The predicted molar refractivity (Wildman–Crippen MR) is 91.8 cm³/mol. The van der Waals surface area contributed by atoms with Crippen molar-refractivity contribution in [3.8, 4) is 0 Å². The molecule has 4 aromatic carbocycles. The van der Waals surface area contributed by atoms with Gasteiger partial charge in [-0.3, -0.25) is 15.3 Å². The van der Waals surface area contributed by atoms with Gasteiger partial charge in [-0.05, 0) is 32.3 Å². The van der Waals surface area contributed by atoms with Gasteiger partial charge in [0.15, 0.2) is 5.78 Å². The number of rotatable bonds is 4. The molecule has 0 saturated carbocycles. The van der Waals surface area contributed by atoms with E-state index in [0.29, 0.717) is 5.56 Å². The number of ketones is 1. The average Bonchev–Trinajstić information content (AvgIpc) is 2.57. The number of nitrogens with one attached hydrogen (secondary N) is 1. The number of hydrogen-bond donors (Lipinski definition) is 0. The molecule has 0 saturated heterocycles. The first-order valence-corrected chi connectivity index (χ1v) is 7.59. The van der Waals surface area contributed by atoms with Crippen LogP contribution in [0.3, 0.4) is 0 Å². The van der Waals surface area contributed by atoms with E-state index in [1.54, 1.807) is 0 Å². The van der Waals surface area contributed by atoms with Crippen molar-refractivity contribution in [1.29, 1.82) is 0 Å². The van der Waals surface area contributed by atoms with Crippen LogP contribution in [0.15, 0.2) is 54.6 Å². The van der Waals surface area contributed by atoms with Gasteiger partial charge in [0.1, 0.15) is 0 Å². The summed E-state index contributed by atoms with van der Waals surface area (Å²) in [6, 6.07) is 18.2. The van der Waals surface area contributed by atoms with E-state index < -0.39 is 5.91 Å². The van der Waals surface area contributed by atoms with Crippen molar-refractivity contribution in [3.05, 3.63) is 60.2 Å². The highest BCUT2D eigenvalue weighted by molar-refractivity contribution is 6.26. The minimum atomic E-state index is -0.698. The fourth-order valence-electron chi connectivity index (χ4n) is 3.34. The second-order valence-corrected chi connectivity index (χ2v) is 5.82. The number of amides is 1. The molecule has 0 heterocycles. The van der Waals surface area contributed by atoms with E-state index in [9.17, 15) is 9.59 Å². The summed E-state index contributed by atoms with van der Waals surface area (Å²) in [4.78, 5) is 23.3. The summed E-state index contributed by atoms with van der Waals surface area (Å²) in [5.74, 6) is -0.778. The molecule has 4 rings (SSSR count). The maximum Gasteiger partial charge on any atom is 0.238 e. The third-order valence-corrected chi connectivity index (χ3v) is 4.41. The van der Waals surface area contributed by atoms with Gasteiger partial charge in [-0.15, -0.1) is 0 Å². The lowest BCUT2D eigenvalue weighted by molar-refractivity contribution is -0.118. The molecule has 1 N–H and O–H groups in total. The minimum absolute atomic E-state index is 0.0270. The quantitative estimate of drug-likeness (QED) is 0.415. The van der Waals surface area contributed by atoms with Gasteiger partial charge >= 0.3 is 0 Å². The monoisotopic (exact) mass is 300 g/mol. The number of hydrogen-bond acceptors (Lipinski definition) is 2. The molecule has 1 amide bonds. The highest BCUT2D eigenvalue weighted by Gasteiger charge is 2.15. The molecule has 0 aliphatic heterocycles. The third-order valence-electron chi connectivity index (χ3n) is 4.41. The molecule has 0 unspecified atom stereocenters. The highest BCUT2D eigenvalue weighted by atomic mass is 16.1. The summed E-state index contributed by atoms with van der Waals surface area (Å²) < 4.78 is 0. The molecule has 3 heteroatoms. The van der Waals surface area contributed by atoms with Crippen LogP contribution in [0, 0.1) is 0 Å². The number of carbonyl (C=O) groups is 2. The zero-order valence-electron chi connectivity index (χ0n) is 12.4. The van der Waals surface area contributed by atoms with Crippen molar-refractivity contribution < 1.29 is 9.59 Å². The van der Waals surface area contributed by atoms with Crippen LogP contribution in [-0.4, -0.2) is 11.7 Å². The van der Waals surface area contributed by atoms with Crippen LogP contribution in [0.5, 0.6) is 0 Å². The number of benzene rings is 4. The first-order chi connectivity index (χ1) is 11.1. The first kappa shape index (κ1) is 13.7. The molecule has 0 spiro atoms. The Morgan fingerprint density at radius 2 is 1.35 bits per heavy atom. The fourth-order valence-corrected chi connectivity index (χ4v) is 3.34. The van der Waals surface area contributed by atoms with E-state index in [2.05, 4.69) is 24.3 Å². The third kappa shape index (κ3) is 2.13. The van der Waals surface area contributed by atoms with Gasteiger partial charge in [-0.2, -0.15) is 0 Å². The lowest BCUT2D eigenvalue weighted by Gasteiger charge is -2.13. The van der Waals surface area contributed by atoms with Gasteiger partial charge < -0.3 is 0 Å². The van der Waals surface area contributed by atoms with E-state index in [-0.39, 0.29) is 18.6 Å². The zero-order chi connectivity index (χ0) is 16.0. The molecule has 0 atom stereocenters. The van der Waals surface area contributed by atoms with Crippen LogP contribution in [-0.2, 0) is 4.79 Å². The molecule has 3 nitrogen and oxygen atoms in total. The molecule has 111 valence electrons. The van der Waals surface area contributed by atoms with Crippen molar-refractivity contribution in [1.82, 2.24) is 5.73 Å². The second-order valence-electron chi connectivity index (χ2n) is 5.82. The highest BCUT2D eigenvalue weighted by Crippen LogP contribution is 2.36. The Morgan fingerprint density at radius 1 is 0.739 bits per heavy atom. The molecule has 0 bridgehead atoms. The molecule has 0 fully saturated rings. The Morgan fingerprint density at radius 3 is 2.04 bits per heavy atom. The van der Waals surface area contributed by atoms with E-state index in [4.69, 9.17) is 5.73 Å². The molecule has 1 radical (unpaired) electrons. The molecule has 23 heavy (non-hydrogen) atoms. The molecular weight excluding hydrogens is 286 g/mol. The lowest BCUT2D eigenvalue weighted by atomic mass is 9.90. The fraction of sp³-hybridized carbons (Fsp3) is 0.100. The average molecular weight is 300 g/mol. The minimum Gasteiger partial charge on any atom is -0.294 e. The molecule has 0 aliphatic rings. The normalized spacial score (nSPS) is 11.5. The van der Waals surface area contributed by atoms with Gasteiger partial charge in [0.25, 0.3) is 0 Å². The molecule has 4 aromatic rings. The summed E-state index contributed by atoms with van der Waals surface area (Å²) in [7, 11) is 0. The van der Waals surface area contributed by atoms with Gasteiger partial charge in [-0.1, -0.05) is 54.6 Å². The Balaban J connectivity index is 2.00. The van der Waals surface area contributed by atoms with E-state index in [0.717, 1.165) is 26.9 Å². The van der Waals surface area contributed by atoms with E-state index in [1.165, 1.54) is 5.39 Å². The van der Waals surface area contributed by atoms with E-state index in [1.807, 2.05) is 30.3 Å². The van der Waals surface area contributed by atoms with Crippen molar-refractivity contribution >= 4 is 44.0 Å². The standard InChI is InChI=1S/C20H14NO2/c21-18(23)11-10-17(22)15-8-6-14-5-4-12-2-1-3-13-7-9-16(15)20(14)19(12)13/h1-9,21H,10-11H2. The summed E-state index contributed by atoms with van der Waals surface area (Å²) in [5.41, 5.74) is 7.61. The Kier molecular flexibility index (Phi) is 3.01. The smallest absolute Gasteiger partial charge is 0.238 e. The SMILES string of the molecule is [NH]C(=O)CCC(=O)c1ccc2ccc3cccc4ccc1c2c34. The summed E-state index contributed by atoms with van der Waals surface area (Å²) in [6.07, 6.45) is 0.0626. The zero-order valence-corrected chi connectivity index (χ0v) is 12.4. The lowest BCUT2D eigenvalue weighted by Crippen LogP contribution is -2.05. The summed E-state index contributed by atoms with van der Waals surface area (Å²) >= 11 is 0. The van der Waals surface area contributed by atoms with Crippen LogP contribution < -0.4 is 5.73 Å². The van der Waals surface area contributed by atoms with Crippen LogP contribution in [0.4, 0.5) is 0 Å². The van der Waals surface area contributed by atoms with Crippen molar-refractivity contribution in [2.24, 2.45) is 0 Å². The molecular formula is C20H14NO2. The number of Topliss-reactive ketones (excluding diaryl/α,β-unsaturated/α-hetero) is 1. The Labute approximate surface area is 133 Å². The summed E-state index contributed by atoms with van der Waals surface area (Å²) in [5, 5.41) is 6.63. The maximum absolute atomic E-state index is 12.5. The van der Waals surface area contributed by atoms with Crippen LogP contribution in [0.2, 0.25) is 0 Å². The van der Waals surface area contributed by atoms with Gasteiger partial charge in [-0.25, -0.2) is 0 Å². The first-order valence-electron chi connectivity index (χ1n) is 7.59. The second kappa shape index (κ2) is 5.06. The van der Waals surface area contributed by atoms with Crippen molar-refractivity contribution in [2.75, 3.05) is 0 Å². The Bertz CT molecular complexity index is 1050. The van der Waals surface area contributed by atoms with Crippen molar-refractivity contribution in [3.63, 3.8) is 0 Å². The molecule has 0 aliphatic carbocycles. The Hall–Kier alpha value is -2.94. The van der Waals surface area contributed by atoms with E-state index >= 15 is 0 Å². The van der Waals surface area contributed by atoms with Crippen molar-refractivity contribution in [2.45, 2.75) is 12.8 Å². The maximum atomic E-state index is 12.5. The van der Waals surface area contributed by atoms with Gasteiger partial charge in [0.2, 0.25) is 5.91 Å². The number of carbonyl (C=O) groups excluding carboxylic acids is 2. The van der Waals surface area contributed by atoms with Gasteiger partial charge in [0.05, 0.1) is 0 Å². The van der Waals surface area contributed by atoms with Crippen LogP contribution >= 0.6 is 0 Å².